The van der Waals surface area contributed by atoms with Gasteiger partial charge in [-0.3, -0.25) is 0 Å². The van der Waals surface area contributed by atoms with Gasteiger partial charge in [0, 0.05) is 13.7 Å². The van der Waals surface area contributed by atoms with E-state index in [9.17, 15) is 0 Å². The lowest BCUT2D eigenvalue weighted by Crippen LogP contribution is -2.20. The number of aryl methyl sites for hydroxylation is 1. The van der Waals surface area contributed by atoms with Crippen molar-refractivity contribution < 1.29 is 4.74 Å². The Morgan fingerprint density at radius 3 is 2.72 bits per heavy atom. The van der Waals surface area contributed by atoms with Gasteiger partial charge in [-0.15, -0.1) is 0 Å². The van der Waals surface area contributed by atoms with Crippen molar-refractivity contribution in [1.82, 2.24) is 20.2 Å². The molecule has 1 aromatic carbocycles. The van der Waals surface area contributed by atoms with Crippen molar-refractivity contribution in [2.75, 3.05) is 19.0 Å². The Morgan fingerprint density at radius 1 is 1.33 bits per heavy atom. The number of hydrogen-bond donors (Lipinski definition) is 1. The van der Waals surface area contributed by atoms with E-state index in [1.54, 1.807) is 11.8 Å². The second-order valence-electron chi connectivity index (χ2n) is 4.18. The highest BCUT2D eigenvalue weighted by Crippen LogP contribution is 2.12. The summed E-state index contributed by atoms with van der Waals surface area (Å²) in [4.78, 5) is 0. The van der Waals surface area contributed by atoms with Gasteiger partial charge in [0.15, 0.2) is 0 Å². The van der Waals surface area contributed by atoms with Gasteiger partial charge in [0.05, 0.1) is 11.8 Å². The van der Waals surface area contributed by atoms with Crippen molar-refractivity contribution in [3.05, 3.63) is 29.8 Å². The Kier molecular flexibility index (Phi) is 3.88. The van der Waals surface area contributed by atoms with E-state index < -0.39 is 0 Å². The standard InChI is InChI=1S/C12H17N5O/c1-9-4-6-11(7-5-9)17-12(14-15-16-17)13-8-10(2)18-3/h4-7,10H,8H2,1-3H3,(H,13,14,16). The summed E-state index contributed by atoms with van der Waals surface area (Å²) in [6, 6.07) is 8.02. The maximum atomic E-state index is 5.17. The molecule has 2 aromatic rings. The molecule has 0 saturated heterocycles. The zero-order chi connectivity index (χ0) is 13.0. The van der Waals surface area contributed by atoms with Crippen molar-refractivity contribution in [3.63, 3.8) is 0 Å². The molecule has 0 aliphatic heterocycles. The molecule has 0 fully saturated rings. The van der Waals surface area contributed by atoms with Crippen molar-refractivity contribution in [2.45, 2.75) is 20.0 Å². The summed E-state index contributed by atoms with van der Waals surface area (Å²) in [6.07, 6.45) is 0.105. The molecule has 1 unspecified atom stereocenters. The van der Waals surface area contributed by atoms with Crippen LogP contribution in [0, 0.1) is 6.92 Å². The number of nitrogens with one attached hydrogen (secondary N) is 1. The van der Waals surface area contributed by atoms with Gasteiger partial charge in [-0.2, -0.15) is 4.68 Å². The summed E-state index contributed by atoms with van der Waals surface area (Å²) in [6.45, 7) is 4.68. The monoisotopic (exact) mass is 247 g/mol. The van der Waals surface area contributed by atoms with E-state index in [2.05, 4.69) is 20.8 Å². The van der Waals surface area contributed by atoms with Gasteiger partial charge < -0.3 is 10.1 Å². The molecule has 1 aromatic heterocycles. The normalized spacial score (nSPS) is 12.4. The number of nitrogens with zero attached hydrogens (tertiary/aromatic N) is 4. The maximum absolute atomic E-state index is 5.17. The molecule has 18 heavy (non-hydrogen) atoms. The van der Waals surface area contributed by atoms with Crippen LogP contribution < -0.4 is 5.32 Å². The van der Waals surface area contributed by atoms with Crippen LogP contribution in [0.2, 0.25) is 0 Å². The number of ether oxygens (including phenoxy) is 1. The van der Waals surface area contributed by atoms with E-state index in [1.807, 2.05) is 38.1 Å². The van der Waals surface area contributed by atoms with Crippen molar-refractivity contribution in [2.24, 2.45) is 0 Å². The summed E-state index contributed by atoms with van der Waals surface area (Å²) >= 11 is 0. The van der Waals surface area contributed by atoms with Gasteiger partial charge >= 0.3 is 0 Å². The molecule has 0 aliphatic rings. The largest absolute Gasteiger partial charge is 0.380 e. The number of aromatic nitrogens is 4. The lowest BCUT2D eigenvalue weighted by molar-refractivity contribution is 0.128. The summed E-state index contributed by atoms with van der Waals surface area (Å²) in [7, 11) is 1.68. The topological polar surface area (TPSA) is 64.9 Å². The highest BCUT2D eigenvalue weighted by Gasteiger charge is 2.08. The Balaban J connectivity index is 2.14. The van der Waals surface area contributed by atoms with Gasteiger partial charge in [0.1, 0.15) is 0 Å². The zero-order valence-corrected chi connectivity index (χ0v) is 10.8. The first kappa shape index (κ1) is 12.5. The molecular formula is C12H17N5O. The molecule has 0 spiro atoms. The Labute approximate surface area is 106 Å². The lowest BCUT2D eigenvalue weighted by atomic mass is 10.2. The molecule has 6 nitrogen and oxygen atoms in total. The second kappa shape index (κ2) is 5.59. The van der Waals surface area contributed by atoms with Gasteiger partial charge in [0.25, 0.3) is 0 Å². The summed E-state index contributed by atoms with van der Waals surface area (Å²) in [5, 5.41) is 14.8. The molecule has 0 radical (unpaired) electrons. The Bertz CT molecular complexity index is 493. The quantitative estimate of drug-likeness (QED) is 0.865. The van der Waals surface area contributed by atoms with Gasteiger partial charge in [-0.05, 0) is 36.4 Å². The minimum atomic E-state index is 0.105. The average molecular weight is 247 g/mol. The van der Waals surface area contributed by atoms with E-state index >= 15 is 0 Å². The fourth-order valence-corrected chi connectivity index (χ4v) is 1.48. The van der Waals surface area contributed by atoms with E-state index in [-0.39, 0.29) is 6.10 Å². The van der Waals surface area contributed by atoms with Crippen molar-refractivity contribution >= 4 is 5.95 Å². The average Bonchev–Trinajstić information content (AvgIpc) is 2.85. The second-order valence-corrected chi connectivity index (χ2v) is 4.18. The maximum Gasteiger partial charge on any atom is 0.247 e. The molecular weight excluding hydrogens is 230 g/mol. The first-order valence-electron chi connectivity index (χ1n) is 5.83. The summed E-state index contributed by atoms with van der Waals surface area (Å²) in [5.41, 5.74) is 2.13. The molecule has 1 atom stereocenters. The lowest BCUT2D eigenvalue weighted by Gasteiger charge is -2.11. The van der Waals surface area contributed by atoms with Crippen molar-refractivity contribution in [3.8, 4) is 5.69 Å². The Hall–Kier alpha value is -1.95. The number of methoxy groups -OCH3 is 1. The van der Waals surface area contributed by atoms with E-state index in [1.165, 1.54) is 5.56 Å². The minimum absolute atomic E-state index is 0.105. The summed E-state index contributed by atoms with van der Waals surface area (Å²) in [5.74, 6) is 0.614. The number of rotatable bonds is 5. The van der Waals surface area contributed by atoms with Crippen molar-refractivity contribution in [1.29, 1.82) is 0 Å². The molecule has 0 saturated carbocycles. The molecule has 6 heteroatoms. The number of anilines is 1. The van der Waals surface area contributed by atoms with Crippen LogP contribution >= 0.6 is 0 Å². The SMILES string of the molecule is COC(C)CNc1nnnn1-c1ccc(C)cc1. The third kappa shape index (κ3) is 2.84. The van der Waals surface area contributed by atoms with Crippen LogP contribution in [0.4, 0.5) is 5.95 Å². The third-order valence-electron chi connectivity index (χ3n) is 2.70. The van der Waals surface area contributed by atoms with Gasteiger partial charge in [-0.25, -0.2) is 0 Å². The molecule has 0 bridgehead atoms. The number of hydrogen-bond acceptors (Lipinski definition) is 5. The molecule has 0 aliphatic carbocycles. The van der Waals surface area contributed by atoms with Crippen LogP contribution in [0.25, 0.3) is 5.69 Å². The number of benzene rings is 1. The van der Waals surface area contributed by atoms with Crippen LogP contribution in [0.15, 0.2) is 24.3 Å². The molecule has 2 rings (SSSR count). The minimum Gasteiger partial charge on any atom is -0.380 e. The fraction of sp³-hybridized carbons (Fsp3) is 0.417. The third-order valence-corrected chi connectivity index (χ3v) is 2.70. The highest BCUT2D eigenvalue weighted by molar-refractivity contribution is 5.39. The number of tetrazole rings is 1. The van der Waals surface area contributed by atoms with Crippen LogP contribution in [0.5, 0.6) is 0 Å². The molecule has 1 heterocycles. The zero-order valence-electron chi connectivity index (χ0n) is 10.8. The van der Waals surface area contributed by atoms with Gasteiger partial charge in [-0.1, -0.05) is 22.8 Å². The smallest absolute Gasteiger partial charge is 0.247 e. The van der Waals surface area contributed by atoms with Crippen LogP contribution in [0.3, 0.4) is 0 Å². The Morgan fingerprint density at radius 2 is 2.06 bits per heavy atom. The van der Waals surface area contributed by atoms with Gasteiger partial charge in [0.2, 0.25) is 5.95 Å². The first-order chi connectivity index (χ1) is 8.70. The molecule has 96 valence electrons. The fourth-order valence-electron chi connectivity index (χ4n) is 1.48. The highest BCUT2D eigenvalue weighted by atomic mass is 16.5. The van der Waals surface area contributed by atoms with E-state index in [0.717, 1.165) is 5.69 Å². The first-order valence-corrected chi connectivity index (χ1v) is 5.83. The van der Waals surface area contributed by atoms with Crippen LogP contribution in [-0.2, 0) is 4.74 Å². The van der Waals surface area contributed by atoms with Crippen LogP contribution in [-0.4, -0.2) is 40.0 Å². The predicted molar refractivity (Wildman–Crippen MR) is 68.9 cm³/mol. The van der Waals surface area contributed by atoms with E-state index in [0.29, 0.717) is 12.5 Å². The molecule has 1 N–H and O–H groups in total. The molecule has 0 amide bonds. The summed E-state index contributed by atoms with van der Waals surface area (Å²) < 4.78 is 6.84. The predicted octanol–water partition coefficient (Wildman–Crippen LogP) is 1.42. The van der Waals surface area contributed by atoms with E-state index in [4.69, 9.17) is 4.74 Å². The van der Waals surface area contributed by atoms with Crippen LogP contribution in [0.1, 0.15) is 12.5 Å².